The van der Waals surface area contributed by atoms with Crippen LogP contribution in [0.25, 0.3) is 0 Å². The van der Waals surface area contributed by atoms with Crippen molar-refractivity contribution in [2.24, 2.45) is 5.16 Å². The number of para-hydroxylation sites is 2. The minimum atomic E-state index is -0.703. The van der Waals surface area contributed by atoms with E-state index in [1.807, 2.05) is 54.6 Å². The Kier molecular flexibility index (Phi) is 5.54. The predicted molar refractivity (Wildman–Crippen MR) is 86.2 cm³/mol. The summed E-state index contributed by atoms with van der Waals surface area (Å²) < 4.78 is 5.20. The molecule has 0 bridgehead atoms. The molecule has 0 heterocycles. The number of nitrogens with zero attached hydrogens (tertiary/aromatic N) is 1. The molecular formula is C17H18N2O3. The number of methoxy groups -OCH3 is 1. The minimum absolute atomic E-state index is 0.261. The number of amides is 1. The first-order chi connectivity index (χ1) is 10.7. The van der Waals surface area contributed by atoms with E-state index in [9.17, 15) is 4.79 Å². The van der Waals surface area contributed by atoms with Crippen molar-refractivity contribution >= 4 is 17.8 Å². The highest BCUT2D eigenvalue weighted by atomic mass is 16.6. The Morgan fingerprint density at radius 1 is 1.14 bits per heavy atom. The van der Waals surface area contributed by atoms with E-state index in [-0.39, 0.29) is 5.91 Å². The van der Waals surface area contributed by atoms with Gasteiger partial charge in [0.05, 0.1) is 13.3 Å². The first-order valence-corrected chi connectivity index (χ1v) is 6.89. The summed E-state index contributed by atoms with van der Waals surface area (Å²) in [5, 5.41) is 6.60. The van der Waals surface area contributed by atoms with Gasteiger partial charge in [-0.25, -0.2) is 0 Å². The normalized spacial score (nSPS) is 11.9. The molecule has 5 nitrogen and oxygen atoms in total. The van der Waals surface area contributed by atoms with Gasteiger partial charge in [-0.3, -0.25) is 4.79 Å². The van der Waals surface area contributed by atoms with Crippen LogP contribution in [0, 0.1) is 0 Å². The zero-order valence-corrected chi connectivity index (χ0v) is 12.5. The lowest BCUT2D eigenvalue weighted by atomic mass is 10.2. The molecule has 0 unspecified atom stereocenters. The monoisotopic (exact) mass is 298 g/mol. The Hall–Kier alpha value is -2.82. The molecule has 2 aromatic rings. The van der Waals surface area contributed by atoms with Crippen LogP contribution in [-0.4, -0.2) is 25.3 Å². The third-order valence-electron chi connectivity index (χ3n) is 2.96. The first-order valence-electron chi connectivity index (χ1n) is 6.89. The van der Waals surface area contributed by atoms with Crippen LogP contribution in [0.4, 0.5) is 5.69 Å². The summed E-state index contributed by atoms with van der Waals surface area (Å²) in [5.41, 5.74) is 1.50. The number of hydrogen-bond donors (Lipinski definition) is 1. The van der Waals surface area contributed by atoms with Crippen LogP contribution in [0.3, 0.4) is 0 Å². The lowest BCUT2D eigenvalue weighted by Crippen LogP contribution is -2.26. The van der Waals surface area contributed by atoms with Crippen molar-refractivity contribution in [2.75, 3.05) is 12.4 Å². The van der Waals surface area contributed by atoms with Gasteiger partial charge in [0.25, 0.3) is 5.91 Å². The molecule has 2 aromatic carbocycles. The number of oxime groups is 1. The van der Waals surface area contributed by atoms with Gasteiger partial charge in [-0.2, -0.15) is 0 Å². The lowest BCUT2D eigenvalue weighted by molar-refractivity contribution is -0.126. The third kappa shape index (κ3) is 4.34. The molecule has 0 aliphatic rings. The highest BCUT2D eigenvalue weighted by molar-refractivity contribution is 5.93. The summed E-state index contributed by atoms with van der Waals surface area (Å²) in [7, 11) is 1.59. The topological polar surface area (TPSA) is 59.9 Å². The number of carbonyl (C=O) groups is 1. The van der Waals surface area contributed by atoms with Crippen LogP contribution >= 0.6 is 0 Å². The molecule has 1 N–H and O–H groups in total. The van der Waals surface area contributed by atoms with Gasteiger partial charge >= 0.3 is 0 Å². The van der Waals surface area contributed by atoms with Crippen LogP contribution in [0.1, 0.15) is 12.5 Å². The summed E-state index contributed by atoms with van der Waals surface area (Å²) in [5.74, 6) is 0.430. The maximum atomic E-state index is 11.9. The molecule has 5 heteroatoms. The van der Waals surface area contributed by atoms with Crippen LogP contribution in [0.2, 0.25) is 0 Å². The van der Waals surface area contributed by atoms with E-state index in [0.717, 1.165) is 11.3 Å². The Balaban J connectivity index is 1.90. The van der Waals surface area contributed by atoms with Crippen molar-refractivity contribution in [1.82, 2.24) is 0 Å². The first kappa shape index (κ1) is 15.6. The van der Waals surface area contributed by atoms with Gasteiger partial charge in [0.2, 0.25) is 6.10 Å². The van der Waals surface area contributed by atoms with Gasteiger partial charge in [-0.05, 0) is 31.2 Å². The molecule has 0 saturated carbocycles. The molecular weight excluding hydrogens is 280 g/mol. The molecule has 0 radical (unpaired) electrons. The van der Waals surface area contributed by atoms with Gasteiger partial charge in [0.15, 0.2) is 0 Å². The molecule has 0 fully saturated rings. The van der Waals surface area contributed by atoms with Gasteiger partial charge in [0, 0.05) is 11.3 Å². The standard InChI is InChI=1S/C17H18N2O3/c1-13(17(20)19-15-9-4-3-5-10-15)22-18-12-14-8-6-7-11-16(14)21-2/h3-13H,1-2H3,(H,19,20)/b18-12-/t13-/m0/s1. The lowest BCUT2D eigenvalue weighted by Gasteiger charge is -2.10. The Labute approximate surface area is 129 Å². The van der Waals surface area contributed by atoms with Gasteiger partial charge in [-0.1, -0.05) is 35.5 Å². The van der Waals surface area contributed by atoms with Crippen LogP contribution in [0.15, 0.2) is 59.8 Å². The number of nitrogens with one attached hydrogen (secondary N) is 1. The molecule has 1 amide bonds. The molecule has 0 aromatic heterocycles. The van der Waals surface area contributed by atoms with E-state index in [1.54, 1.807) is 14.0 Å². The number of rotatable bonds is 6. The second kappa shape index (κ2) is 7.83. The number of carbonyl (C=O) groups excluding carboxylic acids is 1. The van der Waals surface area contributed by atoms with Crippen molar-refractivity contribution in [2.45, 2.75) is 13.0 Å². The van der Waals surface area contributed by atoms with E-state index < -0.39 is 6.10 Å². The van der Waals surface area contributed by atoms with E-state index in [0.29, 0.717) is 5.75 Å². The smallest absolute Gasteiger partial charge is 0.267 e. The fourth-order valence-corrected chi connectivity index (χ4v) is 1.76. The van der Waals surface area contributed by atoms with Crippen LogP contribution in [-0.2, 0) is 9.63 Å². The third-order valence-corrected chi connectivity index (χ3v) is 2.96. The minimum Gasteiger partial charge on any atom is -0.496 e. The largest absolute Gasteiger partial charge is 0.496 e. The SMILES string of the molecule is COc1ccccc1/C=N\O[C@@H](C)C(=O)Nc1ccccc1. The molecule has 0 saturated heterocycles. The van der Waals surface area contributed by atoms with Crippen molar-refractivity contribution in [3.63, 3.8) is 0 Å². The Morgan fingerprint density at radius 3 is 2.55 bits per heavy atom. The fraction of sp³-hybridized carbons (Fsp3) is 0.176. The highest BCUT2D eigenvalue weighted by Crippen LogP contribution is 2.15. The fourth-order valence-electron chi connectivity index (χ4n) is 1.76. The van der Waals surface area contributed by atoms with E-state index in [2.05, 4.69) is 10.5 Å². The van der Waals surface area contributed by atoms with Crippen molar-refractivity contribution in [3.8, 4) is 5.75 Å². The van der Waals surface area contributed by atoms with E-state index in [1.165, 1.54) is 6.21 Å². The van der Waals surface area contributed by atoms with Crippen molar-refractivity contribution in [3.05, 3.63) is 60.2 Å². The summed E-state index contributed by atoms with van der Waals surface area (Å²) in [6.45, 7) is 1.64. The molecule has 0 aliphatic heterocycles. The number of hydrogen-bond acceptors (Lipinski definition) is 4. The Morgan fingerprint density at radius 2 is 1.82 bits per heavy atom. The molecule has 0 spiro atoms. The summed E-state index contributed by atoms with van der Waals surface area (Å²) >= 11 is 0. The summed E-state index contributed by atoms with van der Waals surface area (Å²) in [6.07, 6.45) is 0.816. The maximum Gasteiger partial charge on any atom is 0.267 e. The Bertz CT molecular complexity index is 641. The van der Waals surface area contributed by atoms with Gasteiger partial charge in [0.1, 0.15) is 5.75 Å². The predicted octanol–water partition coefficient (Wildman–Crippen LogP) is 3.07. The molecule has 0 aliphatic carbocycles. The number of benzene rings is 2. The maximum absolute atomic E-state index is 11.9. The molecule has 1 atom stereocenters. The average Bonchev–Trinajstić information content (AvgIpc) is 2.56. The molecule has 2 rings (SSSR count). The summed E-state index contributed by atoms with van der Waals surface area (Å²) in [4.78, 5) is 17.1. The quantitative estimate of drug-likeness (QED) is 0.658. The second-order valence-corrected chi connectivity index (χ2v) is 4.58. The van der Waals surface area contributed by atoms with E-state index >= 15 is 0 Å². The number of anilines is 1. The number of ether oxygens (including phenoxy) is 1. The zero-order valence-electron chi connectivity index (χ0n) is 12.5. The average molecular weight is 298 g/mol. The van der Waals surface area contributed by atoms with E-state index in [4.69, 9.17) is 9.57 Å². The second-order valence-electron chi connectivity index (χ2n) is 4.58. The van der Waals surface area contributed by atoms with Crippen molar-refractivity contribution in [1.29, 1.82) is 0 Å². The van der Waals surface area contributed by atoms with Crippen molar-refractivity contribution < 1.29 is 14.4 Å². The zero-order chi connectivity index (χ0) is 15.8. The van der Waals surface area contributed by atoms with Gasteiger partial charge < -0.3 is 14.9 Å². The van der Waals surface area contributed by atoms with Crippen LogP contribution < -0.4 is 10.1 Å². The van der Waals surface area contributed by atoms with Gasteiger partial charge in [-0.15, -0.1) is 0 Å². The summed E-state index contributed by atoms with van der Waals surface area (Å²) in [6, 6.07) is 16.6. The molecule has 114 valence electrons. The molecule has 22 heavy (non-hydrogen) atoms. The highest BCUT2D eigenvalue weighted by Gasteiger charge is 2.13. The van der Waals surface area contributed by atoms with Crippen LogP contribution in [0.5, 0.6) is 5.75 Å².